The standard InChI is InChI=1S/C3H6BN3O2/c5-3(7-9)1-6-2-4-8/h2,9H,1H2,(H2,5,7). The van der Waals surface area contributed by atoms with E-state index in [1.54, 1.807) is 0 Å². The molecule has 0 aromatic carbocycles. The van der Waals surface area contributed by atoms with Crippen LogP contribution in [-0.4, -0.2) is 30.9 Å². The average molecular weight is 127 g/mol. The van der Waals surface area contributed by atoms with Gasteiger partial charge in [0.1, 0.15) is 0 Å². The molecule has 5 nitrogen and oxygen atoms in total. The molecule has 0 heterocycles. The first-order chi connectivity index (χ1) is 4.31. The van der Waals surface area contributed by atoms with Crippen LogP contribution in [-0.2, 0) is 4.70 Å². The summed E-state index contributed by atoms with van der Waals surface area (Å²) in [4.78, 5) is 3.45. The molecule has 0 atom stereocenters. The molecule has 0 radical (unpaired) electrons. The van der Waals surface area contributed by atoms with Gasteiger partial charge < -0.3 is 0 Å². The first-order valence-corrected chi connectivity index (χ1v) is 2.21. The van der Waals surface area contributed by atoms with E-state index >= 15 is 0 Å². The Kier molecular flexibility index (Phi) is 4.29. The van der Waals surface area contributed by atoms with Crippen LogP contribution in [0, 0.1) is 0 Å². The molecule has 0 fully saturated rings. The van der Waals surface area contributed by atoms with Crippen LogP contribution in [0.1, 0.15) is 0 Å². The van der Waals surface area contributed by atoms with Gasteiger partial charge in [-0.05, 0) is 0 Å². The van der Waals surface area contributed by atoms with Crippen molar-refractivity contribution in [3.8, 4) is 0 Å². The third kappa shape index (κ3) is 4.66. The SMILES string of the molecule is NC(CN=CB=O)=NO. The summed E-state index contributed by atoms with van der Waals surface area (Å²) < 4.78 is 9.58. The van der Waals surface area contributed by atoms with Gasteiger partial charge in [0.25, 0.3) is 0 Å². The number of nitrogens with two attached hydrogens (primary N) is 1. The molecule has 0 aliphatic heterocycles. The molecular formula is C3H6BN3O2. The van der Waals surface area contributed by atoms with Crippen LogP contribution in [0.2, 0.25) is 0 Å². The Bertz CT molecular complexity index is 144. The number of oxime groups is 1. The van der Waals surface area contributed by atoms with Crippen LogP contribution in [0.15, 0.2) is 10.1 Å². The molecule has 0 saturated carbocycles. The normalized spacial score (nSPS) is 11.8. The predicted octanol–water partition coefficient (Wildman–Crippen LogP) is -1.19. The fraction of sp³-hybridized carbons (Fsp3) is 0.333. The zero-order valence-corrected chi connectivity index (χ0v) is 4.69. The number of hydrogen-bond acceptors (Lipinski definition) is 4. The van der Waals surface area contributed by atoms with Crippen LogP contribution in [0.3, 0.4) is 0 Å². The first-order valence-electron chi connectivity index (χ1n) is 2.21. The minimum absolute atomic E-state index is 0.0203. The van der Waals surface area contributed by atoms with Crippen molar-refractivity contribution in [1.82, 2.24) is 0 Å². The van der Waals surface area contributed by atoms with Gasteiger partial charge in [0.2, 0.25) is 0 Å². The Morgan fingerprint density at radius 3 is 3.00 bits per heavy atom. The van der Waals surface area contributed by atoms with Gasteiger partial charge in [-0.1, -0.05) is 0 Å². The van der Waals surface area contributed by atoms with Gasteiger partial charge >= 0.3 is 51.4 Å². The minimum atomic E-state index is -0.0203. The summed E-state index contributed by atoms with van der Waals surface area (Å²) >= 11 is 0. The molecule has 0 bridgehead atoms. The molecule has 0 saturated heterocycles. The number of nitrogens with zero attached hydrogens (tertiary/aromatic N) is 2. The van der Waals surface area contributed by atoms with Crippen molar-refractivity contribution in [2.45, 2.75) is 0 Å². The third-order valence-corrected chi connectivity index (χ3v) is 0.548. The molecule has 48 valence electrons. The van der Waals surface area contributed by atoms with E-state index < -0.39 is 0 Å². The molecule has 6 heteroatoms. The van der Waals surface area contributed by atoms with Crippen molar-refractivity contribution in [2.24, 2.45) is 15.9 Å². The molecule has 0 unspecified atom stereocenters. The second-order valence-corrected chi connectivity index (χ2v) is 1.22. The Balaban J connectivity index is 3.50. The number of aliphatic imine (C=N–C) groups is 1. The molecule has 0 spiro atoms. The second-order valence-electron chi connectivity index (χ2n) is 1.22. The number of rotatable bonds is 3. The maximum absolute atomic E-state index is 9.58. The van der Waals surface area contributed by atoms with Crippen LogP contribution in [0.25, 0.3) is 0 Å². The molecule has 0 aliphatic carbocycles. The van der Waals surface area contributed by atoms with E-state index in [-0.39, 0.29) is 12.4 Å². The van der Waals surface area contributed by atoms with E-state index in [0.29, 0.717) is 7.15 Å². The van der Waals surface area contributed by atoms with E-state index in [1.165, 1.54) is 0 Å². The monoisotopic (exact) mass is 127 g/mol. The maximum atomic E-state index is 9.58. The summed E-state index contributed by atoms with van der Waals surface area (Å²) in [5.41, 5.74) is 4.98. The molecule has 0 rings (SSSR count). The van der Waals surface area contributed by atoms with Crippen molar-refractivity contribution in [1.29, 1.82) is 0 Å². The summed E-state index contributed by atoms with van der Waals surface area (Å²) in [5.74, 6) is -0.0203. The molecule has 0 aromatic heterocycles. The van der Waals surface area contributed by atoms with Gasteiger partial charge in [-0.2, -0.15) is 0 Å². The van der Waals surface area contributed by atoms with Crippen molar-refractivity contribution < 1.29 is 9.91 Å². The zero-order chi connectivity index (χ0) is 7.11. The molecular weight excluding hydrogens is 121 g/mol. The Morgan fingerprint density at radius 2 is 2.56 bits per heavy atom. The number of hydrogen-bond donors (Lipinski definition) is 2. The van der Waals surface area contributed by atoms with Crippen LogP contribution in [0.4, 0.5) is 0 Å². The van der Waals surface area contributed by atoms with Gasteiger partial charge in [-0.25, -0.2) is 0 Å². The van der Waals surface area contributed by atoms with E-state index in [1.807, 2.05) is 0 Å². The summed E-state index contributed by atoms with van der Waals surface area (Å²) in [6, 6.07) is 0. The van der Waals surface area contributed by atoms with Crippen LogP contribution >= 0.6 is 0 Å². The van der Waals surface area contributed by atoms with Crippen LogP contribution < -0.4 is 5.73 Å². The number of amidine groups is 1. The topological polar surface area (TPSA) is 88.0 Å². The van der Waals surface area contributed by atoms with Gasteiger partial charge in [-0.3, -0.25) is 0 Å². The van der Waals surface area contributed by atoms with Gasteiger partial charge in [0, 0.05) is 0 Å². The van der Waals surface area contributed by atoms with E-state index in [4.69, 9.17) is 10.9 Å². The summed E-state index contributed by atoms with van der Waals surface area (Å²) in [5, 5.41) is 10.6. The van der Waals surface area contributed by atoms with Crippen molar-refractivity contribution in [3.63, 3.8) is 0 Å². The Labute approximate surface area is 52.5 Å². The third-order valence-electron chi connectivity index (χ3n) is 0.548. The van der Waals surface area contributed by atoms with E-state index in [9.17, 15) is 4.70 Å². The quantitative estimate of drug-likeness (QED) is 0.164. The molecule has 3 N–H and O–H groups in total. The van der Waals surface area contributed by atoms with Crippen molar-refractivity contribution in [2.75, 3.05) is 6.54 Å². The Hall–Kier alpha value is -1.20. The first kappa shape index (κ1) is 7.80. The van der Waals surface area contributed by atoms with Gasteiger partial charge in [0.15, 0.2) is 0 Å². The van der Waals surface area contributed by atoms with E-state index in [2.05, 4.69) is 10.1 Å². The van der Waals surface area contributed by atoms with Crippen molar-refractivity contribution >= 4 is 19.1 Å². The zero-order valence-electron chi connectivity index (χ0n) is 4.69. The molecule has 0 aromatic rings. The second kappa shape index (κ2) is 4.95. The molecule has 9 heavy (non-hydrogen) atoms. The van der Waals surface area contributed by atoms with Crippen LogP contribution in [0.5, 0.6) is 0 Å². The van der Waals surface area contributed by atoms with Gasteiger partial charge in [0.05, 0.1) is 0 Å². The summed E-state index contributed by atoms with van der Waals surface area (Å²) in [6.45, 7) is 0.0508. The average Bonchev–Trinajstić information content (AvgIpc) is 1.89. The fourth-order valence-corrected chi connectivity index (χ4v) is 0.221. The fourth-order valence-electron chi connectivity index (χ4n) is 0.221. The Morgan fingerprint density at radius 1 is 1.89 bits per heavy atom. The summed E-state index contributed by atoms with van der Waals surface area (Å²) in [7, 11) is 0.519. The van der Waals surface area contributed by atoms with E-state index in [0.717, 1.165) is 6.11 Å². The summed E-state index contributed by atoms with van der Waals surface area (Å²) in [6.07, 6.45) is 1.04. The molecule has 0 aliphatic rings. The molecule has 0 amide bonds. The van der Waals surface area contributed by atoms with Crippen molar-refractivity contribution in [3.05, 3.63) is 0 Å². The van der Waals surface area contributed by atoms with Gasteiger partial charge in [-0.15, -0.1) is 0 Å². The predicted molar refractivity (Wildman–Crippen MR) is 33.2 cm³/mol.